The lowest BCUT2D eigenvalue weighted by Gasteiger charge is -2.03. The Bertz CT molecular complexity index is 557. The van der Waals surface area contributed by atoms with Gasteiger partial charge >= 0.3 is 0 Å². The van der Waals surface area contributed by atoms with Crippen LogP contribution in [0.2, 0.25) is 0 Å². The van der Waals surface area contributed by atoms with Crippen LogP contribution in [0, 0.1) is 0 Å². The minimum atomic E-state index is -0.313. The highest BCUT2D eigenvalue weighted by Crippen LogP contribution is 2.10. The van der Waals surface area contributed by atoms with Crippen LogP contribution in [0.25, 0.3) is 0 Å². The number of amides is 1. The number of carbonyl (C=O) groups is 1. The lowest BCUT2D eigenvalue weighted by molar-refractivity contribution is 0.102. The Morgan fingerprint density at radius 1 is 1.47 bits per heavy atom. The van der Waals surface area contributed by atoms with E-state index >= 15 is 0 Å². The molecular formula is C11H17N7O. The van der Waals surface area contributed by atoms with E-state index in [-0.39, 0.29) is 17.6 Å². The summed E-state index contributed by atoms with van der Waals surface area (Å²) in [6, 6.07) is 0.246. The van der Waals surface area contributed by atoms with Crippen LogP contribution in [0.3, 0.4) is 0 Å². The van der Waals surface area contributed by atoms with E-state index in [1.165, 1.54) is 4.68 Å². The number of hydrogen-bond acceptors (Lipinski definition) is 5. The highest BCUT2D eigenvalue weighted by molar-refractivity contribution is 6.02. The van der Waals surface area contributed by atoms with Crippen molar-refractivity contribution in [3.8, 4) is 0 Å². The standard InChI is InChI=1S/C11H17N7O/c1-8(2)18-6-9(5-13-18)14-11(19)10-7-17(4-3-12)16-15-10/h5-8H,3-4,12H2,1-2H3,(H,14,19). The fourth-order valence-electron chi connectivity index (χ4n) is 1.52. The number of nitrogens with zero attached hydrogens (tertiary/aromatic N) is 5. The molecule has 0 fully saturated rings. The summed E-state index contributed by atoms with van der Waals surface area (Å²) in [6.07, 6.45) is 4.93. The Balaban J connectivity index is 2.02. The van der Waals surface area contributed by atoms with Crippen molar-refractivity contribution in [3.05, 3.63) is 24.3 Å². The molecule has 2 aromatic rings. The van der Waals surface area contributed by atoms with Crippen LogP contribution in [-0.2, 0) is 6.54 Å². The first-order valence-corrected chi connectivity index (χ1v) is 6.06. The summed E-state index contributed by atoms with van der Waals surface area (Å²) in [7, 11) is 0. The summed E-state index contributed by atoms with van der Waals surface area (Å²) >= 11 is 0. The molecular weight excluding hydrogens is 246 g/mol. The van der Waals surface area contributed by atoms with Gasteiger partial charge in [-0.2, -0.15) is 5.10 Å². The van der Waals surface area contributed by atoms with Gasteiger partial charge < -0.3 is 11.1 Å². The summed E-state index contributed by atoms with van der Waals surface area (Å²) in [4.78, 5) is 11.9. The average molecular weight is 263 g/mol. The van der Waals surface area contributed by atoms with Gasteiger partial charge in [-0.25, -0.2) is 0 Å². The van der Waals surface area contributed by atoms with Crippen molar-refractivity contribution in [1.82, 2.24) is 24.8 Å². The van der Waals surface area contributed by atoms with E-state index in [0.717, 1.165) is 0 Å². The van der Waals surface area contributed by atoms with Crippen LogP contribution in [0.5, 0.6) is 0 Å². The largest absolute Gasteiger partial charge is 0.329 e. The van der Waals surface area contributed by atoms with Gasteiger partial charge in [0.25, 0.3) is 5.91 Å². The first kappa shape index (κ1) is 13.2. The van der Waals surface area contributed by atoms with Crippen molar-refractivity contribution in [2.45, 2.75) is 26.4 Å². The third-order valence-electron chi connectivity index (χ3n) is 2.52. The van der Waals surface area contributed by atoms with Gasteiger partial charge in [0, 0.05) is 18.8 Å². The highest BCUT2D eigenvalue weighted by Gasteiger charge is 2.12. The van der Waals surface area contributed by atoms with E-state index in [0.29, 0.717) is 18.8 Å². The van der Waals surface area contributed by atoms with E-state index in [4.69, 9.17) is 5.73 Å². The Morgan fingerprint density at radius 2 is 2.26 bits per heavy atom. The maximum absolute atomic E-state index is 11.9. The van der Waals surface area contributed by atoms with Crippen molar-refractivity contribution in [1.29, 1.82) is 0 Å². The van der Waals surface area contributed by atoms with Crippen LogP contribution in [-0.4, -0.2) is 37.2 Å². The van der Waals surface area contributed by atoms with Crippen LogP contribution in [0.1, 0.15) is 30.4 Å². The van der Waals surface area contributed by atoms with Gasteiger partial charge in [0.15, 0.2) is 5.69 Å². The van der Waals surface area contributed by atoms with E-state index in [2.05, 4.69) is 20.7 Å². The number of nitrogens with two attached hydrogens (primary N) is 1. The second-order valence-corrected chi connectivity index (χ2v) is 4.41. The molecule has 0 saturated heterocycles. The van der Waals surface area contributed by atoms with E-state index in [9.17, 15) is 4.79 Å². The number of carbonyl (C=O) groups excluding carboxylic acids is 1. The molecule has 0 aliphatic rings. The zero-order chi connectivity index (χ0) is 13.8. The van der Waals surface area contributed by atoms with Crippen molar-refractivity contribution in [3.63, 3.8) is 0 Å². The number of hydrogen-bond donors (Lipinski definition) is 2. The molecule has 0 aliphatic heterocycles. The summed E-state index contributed by atoms with van der Waals surface area (Å²) < 4.78 is 3.30. The molecule has 2 rings (SSSR count). The summed E-state index contributed by atoms with van der Waals surface area (Å²) in [6.45, 7) is 5.01. The normalized spacial score (nSPS) is 10.9. The van der Waals surface area contributed by atoms with Gasteiger partial charge in [0.1, 0.15) is 0 Å². The smallest absolute Gasteiger partial charge is 0.277 e. The quantitative estimate of drug-likeness (QED) is 0.805. The van der Waals surface area contributed by atoms with Crippen molar-refractivity contribution in [2.75, 3.05) is 11.9 Å². The fraction of sp³-hybridized carbons (Fsp3) is 0.455. The van der Waals surface area contributed by atoms with Crippen LogP contribution in [0.4, 0.5) is 5.69 Å². The second kappa shape index (κ2) is 5.61. The lowest BCUT2D eigenvalue weighted by atomic mass is 10.4. The molecule has 2 heterocycles. The Kier molecular flexibility index (Phi) is 3.91. The minimum absolute atomic E-state index is 0.246. The summed E-state index contributed by atoms with van der Waals surface area (Å²) in [5, 5.41) is 14.5. The first-order valence-electron chi connectivity index (χ1n) is 6.06. The molecule has 1 amide bonds. The minimum Gasteiger partial charge on any atom is -0.329 e. The number of rotatable bonds is 5. The van der Waals surface area contributed by atoms with Crippen LogP contribution < -0.4 is 11.1 Å². The van der Waals surface area contributed by atoms with Gasteiger partial charge in [-0.3, -0.25) is 14.2 Å². The van der Waals surface area contributed by atoms with Crippen LogP contribution >= 0.6 is 0 Å². The Hall–Kier alpha value is -2.22. The van der Waals surface area contributed by atoms with Gasteiger partial charge in [0.2, 0.25) is 0 Å². The maximum atomic E-state index is 11.9. The molecule has 0 unspecified atom stereocenters. The topological polar surface area (TPSA) is 104 Å². The Morgan fingerprint density at radius 3 is 2.89 bits per heavy atom. The van der Waals surface area contributed by atoms with Gasteiger partial charge in [0.05, 0.1) is 24.6 Å². The molecule has 8 nitrogen and oxygen atoms in total. The molecule has 0 saturated carbocycles. The molecule has 3 N–H and O–H groups in total. The summed E-state index contributed by atoms with van der Waals surface area (Å²) in [5.41, 5.74) is 6.29. The first-order chi connectivity index (χ1) is 9.10. The summed E-state index contributed by atoms with van der Waals surface area (Å²) in [5.74, 6) is -0.313. The molecule has 19 heavy (non-hydrogen) atoms. The van der Waals surface area contributed by atoms with Gasteiger partial charge in [-0.1, -0.05) is 5.21 Å². The highest BCUT2D eigenvalue weighted by atomic mass is 16.2. The van der Waals surface area contributed by atoms with E-state index < -0.39 is 0 Å². The van der Waals surface area contributed by atoms with Gasteiger partial charge in [-0.15, -0.1) is 5.10 Å². The van der Waals surface area contributed by atoms with E-state index in [1.54, 1.807) is 23.3 Å². The van der Waals surface area contributed by atoms with E-state index in [1.807, 2.05) is 13.8 Å². The average Bonchev–Trinajstić information content (AvgIpc) is 2.98. The zero-order valence-electron chi connectivity index (χ0n) is 10.9. The molecule has 0 radical (unpaired) electrons. The predicted octanol–water partition coefficient (Wildman–Crippen LogP) is 0.266. The fourth-order valence-corrected chi connectivity index (χ4v) is 1.52. The molecule has 0 atom stereocenters. The molecule has 0 aliphatic carbocycles. The SMILES string of the molecule is CC(C)n1cc(NC(=O)c2cn(CCN)nn2)cn1. The van der Waals surface area contributed by atoms with Gasteiger partial charge in [-0.05, 0) is 13.8 Å². The number of nitrogens with one attached hydrogen (secondary N) is 1. The third-order valence-corrected chi connectivity index (χ3v) is 2.52. The van der Waals surface area contributed by atoms with Crippen molar-refractivity contribution in [2.24, 2.45) is 5.73 Å². The number of aromatic nitrogens is 5. The lowest BCUT2D eigenvalue weighted by Crippen LogP contribution is -2.12. The third kappa shape index (κ3) is 3.16. The molecule has 8 heteroatoms. The molecule has 0 aromatic carbocycles. The van der Waals surface area contributed by atoms with Crippen molar-refractivity contribution < 1.29 is 4.79 Å². The number of anilines is 1. The maximum Gasteiger partial charge on any atom is 0.277 e. The molecule has 102 valence electrons. The zero-order valence-corrected chi connectivity index (χ0v) is 10.9. The monoisotopic (exact) mass is 263 g/mol. The Labute approximate surface area is 110 Å². The molecule has 0 bridgehead atoms. The predicted molar refractivity (Wildman–Crippen MR) is 69.6 cm³/mol. The molecule has 0 spiro atoms. The van der Waals surface area contributed by atoms with Crippen LogP contribution in [0.15, 0.2) is 18.6 Å². The molecule has 2 aromatic heterocycles. The second-order valence-electron chi connectivity index (χ2n) is 4.41. The van der Waals surface area contributed by atoms with Crippen molar-refractivity contribution >= 4 is 11.6 Å².